The van der Waals surface area contributed by atoms with E-state index in [1.165, 1.54) is 4.90 Å². The molecule has 20 heavy (non-hydrogen) atoms. The number of nitrogens with zero attached hydrogens (tertiary/aromatic N) is 1. The number of halogens is 1. The van der Waals surface area contributed by atoms with Crippen LogP contribution in [0.3, 0.4) is 0 Å². The number of anilines is 1. The molecule has 0 saturated heterocycles. The van der Waals surface area contributed by atoms with Crippen molar-refractivity contribution in [3.63, 3.8) is 0 Å². The van der Waals surface area contributed by atoms with Crippen LogP contribution in [0.25, 0.3) is 0 Å². The molecule has 0 fully saturated rings. The van der Waals surface area contributed by atoms with Crippen LogP contribution < -0.4 is 11.1 Å². The zero-order valence-electron chi connectivity index (χ0n) is 12.2. The van der Waals surface area contributed by atoms with Crippen LogP contribution in [0.5, 0.6) is 0 Å². The predicted octanol–water partition coefficient (Wildman–Crippen LogP) is 1.89. The van der Waals surface area contributed by atoms with Gasteiger partial charge in [-0.15, -0.1) is 0 Å². The van der Waals surface area contributed by atoms with Crippen LogP contribution in [0.4, 0.5) is 5.69 Å². The lowest BCUT2D eigenvalue weighted by Gasteiger charge is -2.25. The van der Waals surface area contributed by atoms with Crippen molar-refractivity contribution in [2.75, 3.05) is 18.9 Å². The first-order valence-corrected chi connectivity index (χ1v) is 7.01. The fraction of sp³-hybridized carbons (Fsp3) is 0.429. The fourth-order valence-electron chi connectivity index (χ4n) is 1.74. The minimum absolute atomic E-state index is 0.0328. The molecular weight excluding hydrogens is 322 g/mol. The van der Waals surface area contributed by atoms with Gasteiger partial charge in [-0.2, -0.15) is 0 Å². The molecular formula is C14H20BrN3O2. The lowest BCUT2D eigenvalue weighted by Crippen LogP contribution is -2.51. The van der Waals surface area contributed by atoms with Gasteiger partial charge in [-0.05, 0) is 44.5 Å². The van der Waals surface area contributed by atoms with Crippen LogP contribution in [-0.2, 0) is 9.59 Å². The van der Waals surface area contributed by atoms with Gasteiger partial charge in [0.25, 0.3) is 0 Å². The molecule has 6 heteroatoms. The van der Waals surface area contributed by atoms with Gasteiger partial charge in [-0.25, -0.2) is 0 Å². The molecule has 0 aliphatic carbocycles. The third-order valence-corrected chi connectivity index (χ3v) is 3.23. The number of likely N-dealkylation sites (N-methyl/N-ethyl adjacent to an activating group) is 1. The van der Waals surface area contributed by atoms with E-state index in [1.807, 2.05) is 25.1 Å². The predicted molar refractivity (Wildman–Crippen MR) is 83.4 cm³/mol. The van der Waals surface area contributed by atoms with E-state index in [1.54, 1.807) is 20.9 Å². The van der Waals surface area contributed by atoms with Crippen molar-refractivity contribution >= 4 is 33.4 Å². The number of hydrogen-bond acceptors (Lipinski definition) is 3. The highest BCUT2D eigenvalue weighted by Gasteiger charge is 2.26. The molecule has 0 saturated carbocycles. The average molecular weight is 342 g/mol. The van der Waals surface area contributed by atoms with Crippen molar-refractivity contribution < 1.29 is 9.59 Å². The summed E-state index contributed by atoms with van der Waals surface area (Å²) in [6, 6.07) is 5.57. The maximum Gasteiger partial charge on any atom is 0.243 e. The molecule has 110 valence electrons. The summed E-state index contributed by atoms with van der Waals surface area (Å²) in [4.78, 5) is 25.1. The number of hydrogen-bond donors (Lipinski definition) is 2. The zero-order chi connectivity index (χ0) is 15.5. The van der Waals surface area contributed by atoms with Crippen LogP contribution in [0, 0.1) is 6.92 Å². The van der Waals surface area contributed by atoms with Crippen LogP contribution in [-0.4, -0.2) is 35.8 Å². The first-order chi connectivity index (χ1) is 9.11. The van der Waals surface area contributed by atoms with E-state index in [0.717, 1.165) is 15.7 Å². The lowest BCUT2D eigenvalue weighted by molar-refractivity contribution is -0.137. The van der Waals surface area contributed by atoms with Gasteiger partial charge in [0.2, 0.25) is 11.8 Å². The van der Waals surface area contributed by atoms with E-state index in [2.05, 4.69) is 21.2 Å². The SMILES string of the molecule is Cc1cc(Br)ccc1NC(=O)CN(C)C(=O)C(C)(C)N. The molecule has 0 heterocycles. The van der Waals surface area contributed by atoms with E-state index in [4.69, 9.17) is 5.73 Å². The van der Waals surface area contributed by atoms with Crippen LogP contribution in [0.15, 0.2) is 22.7 Å². The minimum atomic E-state index is -0.984. The van der Waals surface area contributed by atoms with Crippen molar-refractivity contribution in [3.05, 3.63) is 28.2 Å². The topological polar surface area (TPSA) is 75.4 Å². The van der Waals surface area contributed by atoms with Crippen LogP contribution in [0.1, 0.15) is 19.4 Å². The van der Waals surface area contributed by atoms with Crippen molar-refractivity contribution in [1.29, 1.82) is 0 Å². The minimum Gasteiger partial charge on any atom is -0.335 e. The summed E-state index contributed by atoms with van der Waals surface area (Å²) in [5.41, 5.74) is 6.41. The van der Waals surface area contributed by atoms with Gasteiger partial charge in [0.15, 0.2) is 0 Å². The molecule has 2 amide bonds. The Bertz CT molecular complexity index is 524. The summed E-state index contributed by atoms with van der Waals surface area (Å²) in [6.07, 6.45) is 0. The third kappa shape index (κ3) is 4.61. The number of nitrogens with two attached hydrogens (primary N) is 1. The van der Waals surface area contributed by atoms with Gasteiger partial charge >= 0.3 is 0 Å². The maximum atomic E-state index is 11.9. The quantitative estimate of drug-likeness (QED) is 0.877. The molecule has 0 unspecified atom stereocenters. The molecule has 0 bridgehead atoms. The maximum absolute atomic E-state index is 11.9. The second kappa shape index (κ2) is 6.37. The normalized spacial score (nSPS) is 11.1. The number of amides is 2. The lowest BCUT2D eigenvalue weighted by atomic mass is 10.1. The Morgan fingerprint density at radius 2 is 2.00 bits per heavy atom. The number of nitrogens with one attached hydrogen (secondary N) is 1. The Morgan fingerprint density at radius 3 is 2.50 bits per heavy atom. The first-order valence-electron chi connectivity index (χ1n) is 6.21. The molecule has 5 nitrogen and oxygen atoms in total. The molecule has 0 radical (unpaired) electrons. The molecule has 0 atom stereocenters. The van der Waals surface area contributed by atoms with Gasteiger partial charge in [-0.1, -0.05) is 15.9 Å². The standard InChI is InChI=1S/C14H20BrN3O2/c1-9-7-10(15)5-6-11(9)17-12(19)8-18(4)13(20)14(2,3)16/h5-7H,8,16H2,1-4H3,(H,17,19). The summed E-state index contributed by atoms with van der Waals surface area (Å²) in [7, 11) is 1.56. The number of rotatable bonds is 4. The van der Waals surface area contributed by atoms with Gasteiger partial charge in [0, 0.05) is 17.2 Å². The Labute approximate surface area is 127 Å². The highest BCUT2D eigenvalue weighted by molar-refractivity contribution is 9.10. The summed E-state index contributed by atoms with van der Waals surface area (Å²) in [5.74, 6) is -0.532. The molecule has 1 rings (SSSR count). The fourth-order valence-corrected chi connectivity index (χ4v) is 2.21. The summed E-state index contributed by atoms with van der Waals surface area (Å²) >= 11 is 3.36. The smallest absolute Gasteiger partial charge is 0.243 e. The number of carbonyl (C=O) groups is 2. The zero-order valence-corrected chi connectivity index (χ0v) is 13.7. The number of aryl methyl sites for hydroxylation is 1. The average Bonchev–Trinajstić information content (AvgIpc) is 2.30. The highest BCUT2D eigenvalue weighted by atomic mass is 79.9. The second-order valence-electron chi connectivity index (χ2n) is 5.39. The summed E-state index contributed by atoms with van der Waals surface area (Å²) < 4.78 is 0.949. The summed E-state index contributed by atoms with van der Waals surface area (Å²) in [5, 5.41) is 2.78. The Morgan fingerprint density at radius 1 is 1.40 bits per heavy atom. The molecule has 0 spiro atoms. The summed E-state index contributed by atoms with van der Waals surface area (Å²) in [6.45, 7) is 5.10. The largest absolute Gasteiger partial charge is 0.335 e. The van der Waals surface area contributed by atoms with Gasteiger partial charge < -0.3 is 16.0 Å². The highest BCUT2D eigenvalue weighted by Crippen LogP contribution is 2.19. The van der Waals surface area contributed by atoms with E-state index in [9.17, 15) is 9.59 Å². The molecule has 0 aliphatic heterocycles. The molecule has 0 aromatic heterocycles. The monoisotopic (exact) mass is 341 g/mol. The van der Waals surface area contributed by atoms with E-state index >= 15 is 0 Å². The van der Waals surface area contributed by atoms with Crippen molar-refractivity contribution in [2.45, 2.75) is 26.3 Å². The van der Waals surface area contributed by atoms with Gasteiger partial charge in [0.05, 0.1) is 12.1 Å². The van der Waals surface area contributed by atoms with Crippen LogP contribution >= 0.6 is 15.9 Å². The molecule has 3 N–H and O–H groups in total. The molecule has 1 aromatic carbocycles. The van der Waals surface area contributed by atoms with E-state index < -0.39 is 5.54 Å². The Hall–Kier alpha value is -1.40. The van der Waals surface area contributed by atoms with Crippen molar-refractivity contribution in [2.24, 2.45) is 5.73 Å². The Balaban J connectivity index is 2.66. The first kappa shape index (κ1) is 16.7. The third-order valence-electron chi connectivity index (χ3n) is 2.74. The number of benzene rings is 1. The second-order valence-corrected chi connectivity index (χ2v) is 6.31. The van der Waals surface area contributed by atoms with Crippen LogP contribution in [0.2, 0.25) is 0 Å². The molecule has 0 aliphatic rings. The Kier molecular flexibility index (Phi) is 5.30. The van der Waals surface area contributed by atoms with Gasteiger partial charge in [-0.3, -0.25) is 9.59 Å². The van der Waals surface area contributed by atoms with E-state index in [0.29, 0.717) is 0 Å². The number of carbonyl (C=O) groups excluding carboxylic acids is 2. The van der Waals surface area contributed by atoms with Crippen molar-refractivity contribution in [3.8, 4) is 0 Å². The molecule has 1 aromatic rings. The van der Waals surface area contributed by atoms with E-state index in [-0.39, 0.29) is 18.4 Å². The van der Waals surface area contributed by atoms with Crippen molar-refractivity contribution in [1.82, 2.24) is 4.90 Å². The van der Waals surface area contributed by atoms with Gasteiger partial charge in [0.1, 0.15) is 0 Å².